The van der Waals surface area contributed by atoms with Crippen molar-refractivity contribution in [2.75, 3.05) is 14.2 Å². The molecular weight excluding hydrogens is 358 g/mol. The molecule has 0 unspecified atom stereocenters. The first-order valence-corrected chi connectivity index (χ1v) is 9.27. The maximum absolute atomic E-state index is 12.1. The van der Waals surface area contributed by atoms with E-state index in [2.05, 4.69) is 4.98 Å². The fourth-order valence-electron chi connectivity index (χ4n) is 2.34. The lowest BCUT2D eigenvalue weighted by Crippen LogP contribution is -2.04. The number of para-hydroxylation sites is 1. The Hall–Kier alpha value is -2.38. The summed E-state index contributed by atoms with van der Waals surface area (Å²) in [6, 6.07) is 7.54. The van der Waals surface area contributed by atoms with Gasteiger partial charge in [-0.1, -0.05) is 6.07 Å². The number of ether oxygens (including phenoxy) is 3. The van der Waals surface area contributed by atoms with Crippen LogP contribution in [0.5, 0.6) is 11.5 Å². The van der Waals surface area contributed by atoms with Gasteiger partial charge >= 0.3 is 5.97 Å². The third-order valence-electron chi connectivity index (χ3n) is 3.58. The second-order valence-corrected chi connectivity index (χ2v) is 6.97. The van der Waals surface area contributed by atoms with Crippen molar-refractivity contribution in [2.24, 2.45) is 0 Å². The maximum Gasteiger partial charge on any atom is 0.348 e. The standard InChI is InChI=1S/C18H17NO4S2/c1-11-7-8-24-16(11)18(20)23-9-12-10-25-17(19-12)13-5-4-6-14(21-2)15(13)22-3/h4-8,10H,9H2,1-3H3. The molecule has 5 nitrogen and oxygen atoms in total. The molecule has 0 aliphatic rings. The zero-order chi connectivity index (χ0) is 17.8. The second-order valence-electron chi connectivity index (χ2n) is 5.19. The van der Waals surface area contributed by atoms with Gasteiger partial charge in [0.15, 0.2) is 11.5 Å². The van der Waals surface area contributed by atoms with Gasteiger partial charge in [-0.2, -0.15) is 0 Å². The number of esters is 1. The number of thiophene rings is 1. The Morgan fingerprint density at radius 2 is 2.00 bits per heavy atom. The van der Waals surface area contributed by atoms with Crippen molar-refractivity contribution >= 4 is 28.6 Å². The molecule has 0 aliphatic heterocycles. The molecule has 130 valence electrons. The van der Waals surface area contributed by atoms with E-state index in [1.54, 1.807) is 14.2 Å². The fraction of sp³-hybridized carbons (Fsp3) is 0.222. The number of carbonyl (C=O) groups is 1. The molecule has 0 aliphatic carbocycles. The lowest BCUT2D eigenvalue weighted by atomic mass is 10.2. The van der Waals surface area contributed by atoms with Gasteiger partial charge in [-0.15, -0.1) is 22.7 Å². The van der Waals surface area contributed by atoms with Crippen molar-refractivity contribution in [1.82, 2.24) is 4.98 Å². The summed E-state index contributed by atoms with van der Waals surface area (Å²) in [4.78, 5) is 17.3. The number of nitrogens with zero attached hydrogens (tertiary/aromatic N) is 1. The number of thiazole rings is 1. The highest BCUT2D eigenvalue weighted by atomic mass is 32.1. The summed E-state index contributed by atoms with van der Waals surface area (Å²) in [5.41, 5.74) is 2.47. The summed E-state index contributed by atoms with van der Waals surface area (Å²) in [6.45, 7) is 2.03. The van der Waals surface area contributed by atoms with Crippen LogP contribution in [-0.4, -0.2) is 25.2 Å². The topological polar surface area (TPSA) is 57.7 Å². The SMILES string of the molecule is COc1cccc(-c2nc(COC(=O)c3sccc3C)cs2)c1OC. The number of hydrogen-bond acceptors (Lipinski definition) is 7. The molecule has 7 heteroatoms. The van der Waals surface area contributed by atoms with E-state index in [0.29, 0.717) is 22.1 Å². The Balaban J connectivity index is 1.75. The van der Waals surface area contributed by atoms with Gasteiger partial charge < -0.3 is 14.2 Å². The zero-order valence-electron chi connectivity index (χ0n) is 14.1. The van der Waals surface area contributed by atoms with E-state index < -0.39 is 0 Å². The Morgan fingerprint density at radius 1 is 1.16 bits per heavy atom. The zero-order valence-corrected chi connectivity index (χ0v) is 15.7. The summed E-state index contributed by atoms with van der Waals surface area (Å²) in [5, 5.41) is 4.54. The first kappa shape index (κ1) is 17.4. The third kappa shape index (κ3) is 3.67. The second kappa shape index (κ2) is 7.67. The highest BCUT2D eigenvalue weighted by Crippen LogP contribution is 2.39. The van der Waals surface area contributed by atoms with Crippen LogP contribution >= 0.6 is 22.7 Å². The van der Waals surface area contributed by atoms with Gasteiger partial charge in [0.1, 0.15) is 16.5 Å². The summed E-state index contributed by atoms with van der Waals surface area (Å²) >= 11 is 2.85. The number of aromatic nitrogens is 1. The molecule has 0 amide bonds. The Bertz CT molecular complexity index is 885. The molecule has 0 radical (unpaired) electrons. The van der Waals surface area contributed by atoms with Crippen LogP contribution in [0.25, 0.3) is 10.6 Å². The van der Waals surface area contributed by atoms with E-state index in [4.69, 9.17) is 14.2 Å². The van der Waals surface area contributed by atoms with Gasteiger partial charge in [0, 0.05) is 5.38 Å². The highest BCUT2D eigenvalue weighted by molar-refractivity contribution is 7.13. The number of hydrogen-bond donors (Lipinski definition) is 0. The van der Waals surface area contributed by atoms with Crippen LogP contribution in [-0.2, 0) is 11.3 Å². The monoisotopic (exact) mass is 375 g/mol. The van der Waals surface area contributed by atoms with Crippen LogP contribution < -0.4 is 9.47 Å². The number of benzene rings is 1. The maximum atomic E-state index is 12.1. The molecular formula is C18H17NO4S2. The highest BCUT2D eigenvalue weighted by Gasteiger charge is 2.16. The molecule has 25 heavy (non-hydrogen) atoms. The van der Waals surface area contributed by atoms with E-state index in [-0.39, 0.29) is 12.6 Å². The van der Waals surface area contributed by atoms with Crippen LogP contribution in [0.15, 0.2) is 35.0 Å². The predicted molar refractivity (Wildman–Crippen MR) is 98.8 cm³/mol. The van der Waals surface area contributed by atoms with Gasteiger partial charge in [0.2, 0.25) is 0 Å². The van der Waals surface area contributed by atoms with Crippen LogP contribution in [0.2, 0.25) is 0 Å². The van der Waals surface area contributed by atoms with Crippen molar-refractivity contribution in [2.45, 2.75) is 13.5 Å². The summed E-state index contributed by atoms with van der Waals surface area (Å²) in [5.74, 6) is 0.967. The van der Waals surface area contributed by atoms with Crippen molar-refractivity contribution < 1.29 is 19.0 Å². The minimum atomic E-state index is -0.319. The van der Waals surface area contributed by atoms with Crippen LogP contribution in [0, 0.1) is 6.92 Å². The molecule has 1 aromatic carbocycles. The summed E-state index contributed by atoms with van der Waals surface area (Å²) in [7, 11) is 3.20. The van der Waals surface area contributed by atoms with E-state index in [9.17, 15) is 4.79 Å². The first-order chi connectivity index (χ1) is 12.1. The number of methoxy groups -OCH3 is 2. The molecule has 2 aromatic heterocycles. The molecule has 3 rings (SSSR count). The number of rotatable bonds is 6. The van der Waals surface area contributed by atoms with Gasteiger partial charge in [0.05, 0.1) is 25.5 Å². The molecule has 0 saturated carbocycles. The number of carbonyl (C=O) groups excluding carboxylic acids is 1. The molecule has 0 atom stereocenters. The Kier molecular flexibility index (Phi) is 5.35. The molecule has 3 aromatic rings. The largest absolute Gasteiger partial charge is 0.493 e. The molecule has 0 bridgehead atoms. The minimum Gasteiger partial charge on any atom is -0.493 e. The van der Waals surface area contributed by atoms with E-state index in [0.717, 1.165) is 16.1 Å². The average Bonchev–Trinajstić information content (AvgIpc) is 3.27. The normalized spacial score (nSPS) is 10.5. The molecule has 2 heterocycles. The molecule has 0 spiro atoms. The van der Waals surface area contributed by atoms with E-state index in [1.807, 2.05) is 41.9 Å². The lowest BCUT2D eigenvalue weighted by molar-refractivity contribution is 0.0473. The van der Waals surface area contributed by atoms with Crippen molar-refractivity contribution in [3.05, 3.63) is 51.2 Å². The Morgan fingerprint density at radius 3 is 2.68 bits per heavy atom. The fourth-order valence-corrected chi connectivity index (χ4v) is 3.98. The Labute approximate surface area is 153 Å². The van der Waals surface area contributed by atoms with Crippen LogP contribution in [0.3, 0.4) is 0 Å². The number of aryl methyl sites for hydroxylation is 1. The van der Waals surface area contributed by atoms with Gasteiger partial charge in [-0.3, -0.25) is 0 Å². The van der Waals surface area contributed by atoms with E-state index >= 15 is 0 Å². The minimum absolute atomic E-state index is 0.138. The van der Waals surface area contributed by atoms with Crippen molar-refractivity contribution in [3.63, 3.8) is 0 Å². The van der Waals surface area contributed by atoms with Crippen molar-refractivity contribution in [1.29, 1.82) is 0 Å². The first-order valence-electron chi connectivity index (χ1n) is 7.51. The average molecular weight is 375 g/mol. The van der Waals surface area contributed by atoms with Gasteiger partial charge in [0.25, 0.3) is 0 Å². The third-order valence-corrected chi connectivity index (χ3v) is 5.50. The smallest absolute Gasteiger partial charge is 0.348 e. The van der Waals surface area contributed by atoms with Crippen LogP contribution in [0.1, 0.15) is 20.9 Å². The summed E-state index contributed by atoms with van der Waals surface area (Å²) in [6.07, 6.45) is 0. The quantitative estimate of drug-likeness (QED) is 0.592. The predicted octanol–water partition coefficient (Wildman–Crippen LogP) is 4.55. The van der Waals surface area contributed by atoms with Crippen LogP contribution in [0.4, 0.5) is 0 Å². The lowest BCUT2D eigenvalue weighted by Gasteiger charge is -2.10. The molecule has 0 fully saturated rings. The van der Waals surface area contributed by atoms with Gasteiger partial charge in [-0.05, 0) is 36.1 Å². The summed E-state index contributed by atoms with van der Waals surface area (Å²) < 4.78 is 16.1. The van der Waals surface area contributed by atoms with Gasteiger partial charge in [-0.25, -0.2) is 9.78 Å². The molecule has 0 N–H and O–H groups in total. The molecule has 0 saturated heterocycles. The van der Waals surface area contributed by atoms with E-state index in [1.165, 1.54) is 22.7 Å². The van der Waals surface area contributed by atoms with Crippen molar-refractivity contribution in [3.8, 4) is 22.1 Å².